The van der Waals surface area contributed by atoms with Crippen molar-refractivity contribution in [2.75, 3.05) is 25.0 Å². The lowest BCUT2D eigenvalue weighted by Crippen LogP contribution is -2.09. The molecular formula is C12H20N2. The van der Waals surface area contributed by atoms with E-state index in [1.807, 2.05) is 0 Å². The smallest absolute Gasteiger partial charge is 0.0373 e. The number of hydrogen-bond acceptors (Lipinski definition) is 2. The number of rotatable bonds is 2. The van der Waals surface area contributed by atoms with Crippen LogP contribution in [0, 0.1) is 0 Å². The van der Waals surface area contributed by atoms with E-state index < -0.39 is 0 Å². The molecule has 2 heteroatoms. The van der Waals surface area contributed by atoms with E-state index in [-0.39, 0.29) is 0 Å². The van der Waals surface area contributed by atoms with Crippen molar-refractivity contribution < 1.29 is 0 Å². The molecular weight excluding hydrogens is 172 g/mol. The molecule has 1 aromatic rings. The molecule has 2 nitrogen and oxygen atoms in total. The van der Waals surface area contributed by atoms with Gasteiger partial charge in [-0.15, -0.1) is 0 Å². The summed E-state index contributed by atoms with van der Waals surface area (Å²) in [5.74, 6) is 0. The molecule has 1 aromatic carbocycles. The second kappa shape index (κ2) is 6.44. The van der Waals surface area contributed by atoms with Crippen molar-refractivity contribution in [2.45, 2.75) is 20.3 Å². The minimum Gasteiger partial charge on any atom is -0.384 e. The predicted octanol–water partition coefficient (Wildman–Crippen LogP) is 2.27. The number of benzene rings is 1. The fourth-order valence-electron chi connectivity index (χ4n) is 1.49. The Morgan fingerprint density at radius 2 is 1.93 bits per heavy atom. The van der Waals surface area contributed by atoms with E-state index in [1.165, 1.54) is 17.7 Å². The van der Waals surface area contributed by atoms with Gasteiger partial charge in [-0.2, -0.15) is 0 Å². The molecule has 0 saturated carbocycles. The molecule has 2 N–H and O–H groups in total. The molecule has 0 atom stereocenters. The first kappa shape index (κ1) is 11.1. The van der Waals surface area contributed by atoms with E-state index in [9.17, 15) is 0 Å². The normalized spacial score (nSPS) is 12.4. The summed E-state index contributed by atoms with van der Waals surface area (Å²) in [5.41, 5.74) is 2.77. The summed E-state index contributed by atoms with van der Waals surface area (Å²) in [5, 5.41) is 6.41. The molecule has 0 aromatic heterocycles. The van der Waals surface area contributed by atoms with Gasteiger partial charge in [-0.1, -0.05) is 32.0 Å². The lowest BCUT2D eigenvalue weighted by atomic mass is 10.2. The molecule has 0 radical (unpaired) electrons. The zero-order valence-electron chi connectivity index (χ0n) is 9.14. The van der Waals surface area contributed by atoms with Crippen LogP contribution >= 0.6 is 0 Å². The maximum absolute atomic E-state index is 3.30. The quantitative estimate of drug-likeness (QED) is 0.751. The highest BCUT2D eigenvalue weighted by molar-refractivity contribution is 5.54. The van der Waals surface area contributed by atoms with Crippen molar-refractivity contribution in [2.24, 2.45) is 0 Å². The van der Waals surface area contributed by atoms with Crippen molar-refractivity contribution in [1.29, 1.82) is 0 Å². The highest BCUT2D eigenvalue weighted by Gasteiger charge is 2.05. The third-order valence-corrected chi connectivity index (χ3v) is 2.23. The van der Waals surface area contributed by atoms with Crippen LogP contribution in [0.25, 0.3) is 0 Å². The zero-order chi connectivity index (χ0) is 10.2. The monoisotopic (exact) mass is 192 g/mol. The Morgan fingerprint density at radius 1 is 1.21 bits per heavy atom. The largest absolute Gasteiger partial charge is 0.384 e. The standard InChI is InChI=1S/C8H9N.C4H11N/c1-2-4-8-7(3-1)5-6-9-8;1-3-5-4-2/h1-4,9H,5-6H2;5H,3-4H2,1-2H3. The van der Waals surface area contributed by atoms with E-state index in [4.69, 9.17) is 0 Å². The van der Waals surface area contributed by atoms with Crippen LogP contribution in [0.2, 0.25) is 0 Å². The summed E-state index contributed by atoms with van der Waals surface area (Å²) in [6.45, 7) is 7.50. The Morgan fingerprint density at radius 3 is 2.50 bits per heavy atom. The van der Waals surface area contributed by atoms with Gasteiger partial charge in [0.2, 0.25) is 0 Å². The van der Waals surface area contributed by atoms with Gasteiger partial charge in [-0.05, 0) is 31.1 Å². The molecule has 0 bridgehead atoms. The average molecular weight is 192 g/mol. The molecule has 78 valence electrons. The maximum atomic E-state index is 3.30. The average Bonchev–Trinajstić information content (AvgIpc) is 2.67. The molecule has 1 heterocycles. The summed E-state index contributed by atoms with van der Waals surface area (Å²) in [6.07, 6.45) is 1.19. The maximum Gasteiger partial charge on any atom is 0.0373 e. The highest BCUT2D eigenvalue weighted by atomic mass is 14.9. The number of fused-ring (bicyclic) bond motifs is 1. The predicted molar refractivity (Wildman–Crippen MR) is 62.9 cm³/mol. The minimum absolute atomic E-state index is 1.09. The first-order chi connectivity index (χ1) is 6.88. The Labute approximate surface area is 86.7 Å². The third-order valence-electron chi connectivity index (χ3n) is 2.23. The molecule has 14 heavy (non-hydrogen) atoms. The van der Waals surface area contributed by atoms with Gasteiger partial charge in [0.05, 0.1) is 0 Å². The van der Waals surface area contributed by atoms with E-state index in [1.54, 1.807) is 0 Å². The minimum atomic E-state index is 1.09. The molecule has 0 spiro atoms. The van der Waals surface area contributed by atoms with Crippen molar-refractivity contribution >= 4 is 5.69 Å². The fourth-order valence-corrected chi connectivity index (χ4v) is 1.49. The summed E-state index contributed by atoms with van der Waals surface area (Å²) < 4.78 is 0. The van der Waals surface area contributed by atoms with Crippen LogP contribution in [0.15, 0.2) is 24.3 Å². The van der Waals surface area contributed by atoms with Crippen LogP contribution in [-0.2, 0) is 6.42 Å². The summed E-state index contributed by atoms with van der Waals surface area (Å²) in [6, 6.07) is 8.46. The highest BCUT2D eigenvalue weighted by Crippen LogP contribution is 2.19. The van der Waals surface area contributed by atoms with E-state index in [2.05, 4.69) is 48.7 Å². The second-order valence-corrected chi connectivity index (χ2v) is 3.29. The first-order valence-electron chi connectivity index (χ1n) is 5.41. The van der Waals surface area contributed by atoms with Gasteiger partial charge in [0, 0.05) is 12.2 Å². The van der Waals surface area contributed by atoms with Crippen LogP contribution in [-0.4, -0.2) is 19.6 Å². The second-order valence-electron chi connectivity index (χ2n) is 3.29. The molecule has 0 amide bonds. The molecule has 0 fully saturated rings. The Bertz CT molecular complexity index is 233. The van der Waals surface area contributed by atoms with Crippen LogP contribution in [0.4, 0.5) is 5.69 Å². The van der Waals surface area contributed by atoms with Crippen molar-refractivity contribution in [3.63, 3.8) is 0 Å². The zero-order valence-corrected chi connectivity index (χ0v) is 9.14. The van der Waals surface area contributed by atoms with Crippen LogP contribution in [0.3, 0.4) is 0 Å². The van der Waals surface area contributed by atoms with Crippen LogP contribution < -0.4 is 10.6 Å². The summed E-state index contributed by atoms with van der Waals surface area (Å²) in [7, 11) is 0. The number of para-hydroxylation sites is 1. The van der Waals surface area contributed by atoms with E-state index in [0.29, 0.717) is 0 Å². The van der Waals surface area contributed by atoms with Crippen molar-refractivity contribution in [1.82, 2.24) is 5.32 Å². The molecule has 1 aliphatic heterocycles. The Hall–Kier alpha value is -1.02. The fraction of sp³-hybridized carbons (Fsp3) is 0.500. The van der Waals surface area contributed by atoms with Gasteiger partial charge < -0.3 is 10.6 Å². The summed E-state index contributed by atoms with van der Waals surface area (Å²) in [4.78, 5) is 0. The molecule has 1 aliphatic rings. The number of anilines is 1. The van der Waals surface area contributed by atoms with Crippen molar-refractivity contribution in [3.8, 4) is 0 Å². The van der Waals surface area contributed by atoms with Gasteiger partial charge in [-0.25, -0.2) is 0 Å². The third kappa shape index (κ3) is 3.38. The van der Waals surface area contributed by atoms with Gasteiger partial charge in [-0.3, -0.25) is 0 Å². The topological polar surface area (TPSA) is 24.1 Å². The number of hydrogen-bond donors (Lipinski definition) is 2. The van der Waals surface area contributed by atoms with Gasteiger partial charge >= 0.3 is 0 Å². The summed E-state index contributed by atoms with van der Waals surface area (Å²) >= 11 is 0. The van der Waals surface area contributed by atoms with Crippen LogP contribution in [0.5, 0.6) is 0 Å². The van der Waals surface area contributed by atoms with Gasteiger partial charge in [0.15, 0.2) is 0 Å². The first-order valence-corrected chi connectivity index (χ1v) is 5.41. The lowest BCUT2D eigenvalue weighted by molar-refractivity contribution is 0.762. The Balaban J connectivity index is 0.000000171. The number of nitrogens with one attached hydrogen (secondary N) is 2. The molecule has 0 aliphatic carbocycles. The van der Waals surface area contributed by atoms with E-state index >= 15 is 0 Å². The lowest BCUT2D eigenvalue weighted by Gasteiger charge is -1.94. The SMILES string of the molecule is CCNCC.c1ccc2c(c1)CCN2. The van der Waals surface area contributed by atoms with Crippen molar-refractivity contribution in [3.05, 3.63) is 29.8 Å². The van der Waals surface area contributed by atoms with Crippen LogP contribution in [0.1, 0.15) is 19.4 Å². The van der Waals surface area contributed by atoms with Gasteiger partial charge in [0.25, 0.3) is 0 Å². The molecule has 2 rings (SSSR count). The Kier molecular flexibility index (Phi) is 5.08. The van der Waals surface area contributed by atoms with Gasteiger partial charge in [0.1, 0.15) is 0 Å². The molecule has 0 saturated heterocycles. The van der Waals surface area contributed by atoms with E-state index in [0.717, 1.165) is 19.6 Å². The molecule has 0 unspecified atom stereocenters.